The van der Waals surface area contributed by atoms with Crippen LogP contribution in [0, 0.1) is 0 Å². The Morgan fingerprint density at radius 1 is 1.16 bits per heavy atom. The Morgan fingerprint density at radius 3 is 2.60 bits per heavy atom. The molecule has 5 nitrogen and oxygen atoms in total. The Bertz CT molecular complexity index is 892. The monoisotopic (exact) mass is 375 g/mol. The smallest absolute Gasteiger partial charge is 0.258 e. The fourth-order valence-electron chi connectivity index (χ4n) is 2.25. The molecule has 1 N–H and O–H groups in total. The van der Waals surface area contributed by atoms with Crippen molar-refractivity contribution in [1.82, 2.24) is 9.78 Å². The first-order valence-corrected chi connectivity index (χ1v) is 8.36. The van der Waals surface area contributed by atoms with E-state index in [1.54, 1.807) is 41.2 Å². The molecule has 0 spiro atoms. The molecule has 0 saturated carbocycles. The number of nitrogens with zero attached hydrogens (tertiary/aromatic N) is 2. The maximum absolute atomic E-state index is 12.5. The molecule has 0 unspecified atom stereocenters. The molecule has 0 aliphatic carbocycles. The van der Waals surface area contributed by atoms with Crippen molar-refractivity contribution in [1.29, 1.82) is 0 Å². The number of amides is 1. The molecule has 1 amide bonds. The van der Waals surface area contributed by atoms with E-state index in [0.29, 0.717) is 33.7 Å². The molecular formula is C18H15Cl2N3O2. The molecule has 0 atom stereocenters. The van der Waals surface area contributed by atoms with Crippen LogP contribution in [0.15, 0.2) is 54.9 Å². The lowest BCUT2D eigenvalue weighted by Gasteiger charge is -2.11. The maximum Gasteiger partial charge on any atom is 0.258 e. The molecule has 1 aromatic heterocycles. The average Bonchev–Trinajstić information content (AvgIpc) is 3.08. The van der Waals surface area contributed by atoms with Gasteiger partial charge < -0.3 is 10.1 Å². The van der Waals surface area contributed by atoms with E-state index >= 15 is 0 Å². The van der Waals surface area contributed by atoms with Gasteiger partial charge in [-0.2, -0.15) is 5.10 Å². The number of benzene rings is 2. The minimum absolute atomic E-state index is 0.302. The van der Waals surface area contributed by atoms with Crippen LogP contribution < -0.4 is 10.1 Å². The quantitative estimate of drug-likeness (QED) is 0.694. The minimum Gasteiger partial charge on any atom is -0.492 e. The lowest BCUT2D eigenvalue weighted by molar-refractivity contribution is 0.102. The third-order valence-electron chi connectivity index (χ3n) is 3.43. The summed E-state index contributed by atoms with van der Waals surface area (Å²) in [5.74, 6) is 0.258. The van der Waals surface area contributed by atoms with Crippen molar-refractivity contribution in [3.8, 4) is 11.4 Å². The van der Waals surface area contributed by atoms with Crippen LogP contribution >= 0.6 is 23.2 Å². The first kappa shape index (κ1) is 17.3. The van der Waals surface area contributed by atoms with Crippen molar-refractivity contribution < 1.29 is 9.53 Å². The van der Waals surface area contributed by atoms with Crippen LogP contribution in [-0.4, -0.2) is 22.3 Å². The first-order valence-electron chi connectivity index (χ1n) is 7.61. The Kier molecular flexibility index (Phi) is 5.26. The summed E-state index contributed by atoms with van der Waals surface area (Å²) in [7, 11) is 0. The van der Waals surface area contributed by atoms with E-state index in [0.717, 1.165) is 5.69 Å². The highest BCUT2D eigenvalue weighted by atomic mass is 35.5. The number of rotatable bonds is 5. The third kappa shape index (κ3) is 4.13. The van der Waals surface area contributed by atoms with Gasteiger partial charge in [-0.15, -0.1) is 0 Å². The molecule has 3 aromatic rings. The number of nitrogens with one attached hydrogen (secondary N) is 1. The topological polar surface area (TPSA) is 56.1 Å². The van der Waals surface area contributed by atoms with E-state index in [-0.39, 0.29) is 5.91 Å². The third-order valence-corrected chi connectivity index (χ3v) is 3.91. The van der Waals surface area contributed by atoms with Gasteiger partial charge in [-0.3, -0.25) is 4.79 Å². The summed E-state index contributed by atoms with van der Waals surface area (Å²) in [6, 6.07) is 12.2. The molecule has 128 valence electrons. The van der Waals surface area contributed by atoms with Crippen molar-refractivity contribution in [2.45, 2.75) is 6.92 Å². The number of ether oxygens (including phenoxy) is 1. The van der Waals surface area contributed by atoms with Gasteiger partial charge in [-0.05, 0) is 49.4 Å². The average molecular weight is 376 g/mol. The van der Waals surface area contributed by atoms with Gasteiger partial charge in [0.2, 0.25) is 0 Å². The predicted molar refractivity (Wildman–Crippen MR) is 99.1 cm³/mol. The van der Waals surface area contributed by atoms with Crippen LogP contribution in [-0.2, 0) is 0 Å². The lowest BCUT2D eigenvalue weighted by Crippen LogP contribution is -2.12. The highest BCUT2D eigenvalue weighted by Crippen LogP contribution is 2.28. The van der Waals surface area contributed by atoms with Gasteiger partial charge in [-0.1, -0.05) is 23.2 Å². The molecule has 2 aromatic carbocycles. The zero-order valence-corrected chi connectivity index (χ0v) is 14.9. The number of aromatic nitrogens is 2. The van der Waals surface area contributed by atoms with Crippen LogP contribution in [0.3, 0.4) is 0 Å². The number of hydrogen-bond donors (Lipinski definition) is 1. The SMILES string of the molecule is CCOc1ccc(Cl)cc1NC(=O)c1cnn(-c2ccc(Cl)cc2)c1. The maximum atomic E-state index is 12.5. The van der Waals surface area contributed by atoms with Gasteiger partial charge in [0.25, 0.3) is 5.91 Å². The summed E-state index contributed by atoms with van der Waals surface area (Å²) in [4.78, 5) is 12.5. The van der Waals surface area contributed by atoms with E-state index in [1.165, 1.54) is 6.20 Å². The molecule has 0 aliphatic rings. The van der Waals surface area contributed by atoms with Crippen LogP contribution in [0.25, 0.3) is 5.69 Å². The van der Waals surface area contributed by atoms with Gasteiger partial charge in [0.1, 0.15) is 5.75 Å². The summed E-state index contributed by atoms with van der Waals surface area (Å²) in [6.07, 6.45) is 3.14. The Morgan fingerprint density at radius 2 is 1.88 bits per heavy atom. The van der Waals surface area contributed by atoms with Gasteiger partial charge in [-0.25, -0.2) is 4.68 Å². The van der Waals surface area contributed by atoms with Crippen LogP contribution in [0.4, 0.5) is 5.69 Å². The molecule has 0 bridgehead atoms. The Balaban J connectivity index is 1.81. The zero-order chi connectivity index (χ0) is 17.8. The first-order chi connectivity index (χ1) is 12.1. The fourth-order valence-corrected chi connectivity index (χ4v) is 2.55. The van der Waals surface area contributed by atoms with Crippen LogP contribution in [0.5, 0.6) is 5.75 Å². The number of anilines is 1. The van der Waals surface area contributed by atoms with E-state index in [9.17, 15) is 4.79 Å². The normalized spacial score (nSPS) is 10.5. The Labute approximate surface area is 155 Å². The standard InChI is InChI=1S/C18H15Cl2N3O2/c1-2-25-17-8-5-14(20)9-16(17)22-18(24)12-10-21-23(11-12)15-6-3-13(19)4-7-15/h3-11H,2H2,1H3,(H,22,24). The number of carbonyl (C=O) groups excluding carboxylic acids is 1. The summed E-state index contributed by atoms with van der Waals surface area (Å²) < 4.78 is 7.11. The summed E-state index contributed by atoms with van der Waals surface area (Å²) >= 11 is 11.9. The predicted octanol–water partition coefficient (Wildman–Crippen LogP) is 4.83. The molecule has 25 heavy (non-hydrogen) atoms. The highest BCUT2D eigenvalue weighted by Gasteiger charge is 2.13. The van der Waals surface area contributed by atoms with Crippen molar-refractivity contribution in [2.24, 2.45) is 0 Å². The largest absolute Gasteiger partial charge is 0.492 e. The second-order valence-corrected chi connectivity index (χ2v) is 6.05. The minimum atomic E-state index is -0.302. The summed E-state index contributed by atoms with van der Waals surface area (Å²) in [5, 5.41) is 8.16. The van der Waals surface area contributed by atoms with Crippen LogP contribution in [0.1, 0.15) is 17.3 Å². The van der Waals surface area contributed by atoms with Gasteiger partial charge in [0, 0.05) is 16.2 Å². The van der Waals surface area contributed by atoms with Gasteiger partial charge in [0.15, 0.2) is 0 Å². The zero-order valence-electron chi connectivity index (χ0n) is 13.4. The molecule has 0 radical (unpaired) electrons. The molecule has 0 aliphatic heterocycles. The van der Waals surface area contributed by atoms with E-state index in [1.807, 2.05) is 19.1 Å². The molecule has 3 rings (SSSR count). The molecule has 0 fully saturated rings. The van der Waals surface area contributed by atoms with Gasteiger partial charge in [0.05, 0.1) is 29.7 Å². The number of halogens is 2. The Hall–Kier alpha value is -2.50. The molecule has 0 saturated heterocycles. The second-order valence-electron chi connectivity index (χ2n) is 5.18. The number of hydrogen-bond acceptors (Lipinski definition) is 3. The van der Waals surface area contributed by atoms with Crippen molar-refractivity contribution in [2.75, 3.05) is 11.9 Å². The number of carbonyl (C=O) groups is 1. The van der Waals surface area contributed by atoms with Crippen LogP contribution in [0.2, 0.25) is 10.0 Å². The van der Waals surface area contributed by atoms with E-state index < -0.39 is 0 Å². The van der Waals surface area contributed by atoms with E-state index in [2.05, 4.69) is 10.4 Å². The summed E-state index contributed by atoms with van der Waals surface area (Å²) in [5.41, 5.74) is 1.73. The lowest BCUT2D eigenvalue weighted by atomic mass is 10.2. The summed E-state index contributed by atoms with van der Waals surface area (Å²) in [6.45, 7) is 2.36. The molecule has 7 heteroatoms. The highest BCUT2D eigenvalue weighted by molar-refractivity contribution is 6.31. The molecule has 1 heterocycles. The van der Waals surface area contributed by atoms with Crippen molar-refractivity contribution >= 4 is 34.8 Å². The molecular weight excluding hydrogens is 361 g/mol. The van der Waals surface area contributed by atoms with E-state index in [4.69, 9.17) is 27.9 Å². The fraction of sp³-hybridized carbons (Fsp3) is 0.111. The van der Waals surface area contributed by atoms with Crippen molar-refractivity contribution in [3.05, 3.63) is 70.5 Å². The second kappa shape index (κ2) is 7.59. The van der Waals surface area contributed by atoms with Gasteiger partial charge >= 0.3 is 0 Å². The van der Waals surface area contributed by atoms with Crippen molar-refractivity contribution in [3.63, 3.8) is 0 Å².